The van der Waals surface area contributed by atoms with Crippen molar-refractivity contribution in [3.8, 4) is 5.75 Å². The van der Waals surface area contributed by atoms with Gasteiger partial charge in [-0.3, -0.25) is 0 Å². The van der Waals surface area contributed by atoms with Crippen molar-refractivity contribution in [3.05, 3.63) is 62.4 Å². The van der Waals surface area contributed by atoms with Crippen molar-refractivity contribution in [2.45, 2.75) is 6.42 Å². The summed E-state index contributed by atoms with van der Waals surface area (Å²) in [6.45, 7) is 0. The van der Waals surface area contributed by atoms with Gasteiger partial charge in [-0.1, -0.05) is 27.5 Å². The minimum Gasteiger partial charge on any atom is -0.508 e. The lowest BCUT2D eigenvalue weighted by Gasteiger charge is -2.04. The van der Waals surface area contributed by atoms with E-state index in [1.165, 1.54) is 10.9 Å². The fraction of sp³-hybridized carbons (Fsp3) is 0.0667. The third kappa shape index (κ3) is 2.64. The number of halogens is 2. The number of phenols is 1. The van der Waals surface area contributed by atoms with E-state index < -0.39 is 0 Å². The lowest BCUT2D eigenvalue weighted by molar-refractivity contribution is 0.476. The maximum atomic E-state index is 9.49. The van der Waals surface area contributed by atoms with Crippen LogP contribution in [0.3, 0.4) is 0 Å². The lowest BCUT2D eigenvalue weighted by atomic mass is 10.0. The van der Waals surface area contributed by atoms with Crippen LogP contribution in [0.4, 0.5) is 0 Å². The SMILES string of the molecule is Oc1ccc2c(Cc3cc(Br)ccc3Cl)csc2c1. The molecule has 19 heavy (non-hydrogen) atoms. The number of aromatic hydroxyl groups is 1. The lowest BCUT2D eigenvalue weighted by Crippen LogP contribution is -1.88. The Balaban J connectivity index is 2.03. The first-order chi connectivity index (χ1) is 9.13. The van der Waals surface area contributed by atoms with E-state index in [1.54, 1.807) is 23.5 Å². The molecule has 0 amide bonds. The van der Waals surface area contributed by atoms with Gasteiger partial charge >= 0.3 is 0 Å². The van der Waals surface area contributed by atoms with Gasteiger partial charge in [0.2, 0.25) is 0 Å². The minimum atomic E-state index is 0.307. The molecule has 0 aliphatic heterocycles. The number of fused-ring (bicyclic) bond motifs is 1. The van der Waals surface area contributed by atoms with E-state index in [0.29, 0.717) is 5.75 Å². The zero-order valence-electron chi connectivity index (χ0n) is 9.86. The molecule has 3 aromatic rings. The summed E-state index contributed by atoms with van der Waals surface area (Å²) < 4.78 is 2.13. The smallest absolute Gasteiger partial charge is 0.117 e. The maximum Gasteiger partial charge on any atom is 0.117 e. The van der Waals surface area contributed by atoms with Gasteiger partial charge < -0.3 is 5.11 Å². The van der Waals surface area contributed by atoms with E-state index >= 15 is 0 Å². The summed E-state index contributed by atoms with van der Waals surface area (Å²) in [5.41, 5.74) is 2.34. The van der Waals surface area contributed by atoms with E-state index in [1.807, 2.05) is 24.3 Å². The normalized spacial score (nSPS) is 11.1. The molecule has 0 saturated carbocycles. The molecule has 0 aliphatic carbocycles. The summed E-state index contributed by atoms with van der Waals surface area (Å²) in [7, 11) is 0. The zero-order chi connectivity index (χ0) is 13.4. The number of phenolic OH excluding ortho intramolecular Hbond substituents is 1. The van der Waals surface area contributed by atoms with Crippen LogP contribution in [0.5, 0.6) is 5.75 Å². The van der Waals surface area contributed by atoms with Gasteiger partial charge in [-0.05, 0) is 58.3 Å². The third-order valence-corrected chi connectivity index (χ3v) is 4.88. The van der Waals surface area contributed by atoms with Crippen molar-refractivity contribution in [2.24, 2.45) is 0 Å². The summed E-state index contributed by atoms with van der Waals surface area (Å²) in [5, 5.41) is 13.6. The topological polar surface area (TPSA) is 20.2 Å². The highest BCUT2D eigenvalue weighted by Crippen LogP contribution is 2.32. The van der Waals surface area contributed by atoms with Gasteiger partial charge in [-0.2, -0.15) is 0 Å². The molecule has 3 rings (SSSR count). The second-order valence-electron chi connectivity index (χ2n) is 4.35. The molecule has 0 fully saturated rings. The Morgan fingerprint density at radius 2 is 1.95 bits per heavy atom. The molecule has 1 N–H and O–H groups in total. The van der Waals surface area contributed by atoms with Gasteiger partial charge in [-0.25, -0.2) is 0 Å². The predicted molar refractivity (Wildman–Crippen MR) is 85.4 cm³/mol. The maximum absolute atomic E-state index is 9.49. The average molecular weight is 354 g/mol. The van der Waals surface area contributed by atoms with Gasteiger partial charge in [0, 0.05) is 20.6 Å². The number of thiophene rings is 1. The molecule has 96 valence electrons. The van der Waals surface area contributed by atoms with Crippen LogP contribution in [-0.2, 0) is 6.42 Å². The van der Waals surface area contributed by atoms with Gasteiger partial charge in [0.15, 0.2) is 0 Å². The van der Waals surface area contributed by atoms with Gasteiger partial charge in [-0.15, -0.1) is 11.3 Å². The van der Waals surface area contributed by atoms with Gasteiger partial charge in [0.1, 0.15) is 5.75 Å². The van der Waals surface area contributed by atoms with Crippen LogP contribution < -0.4 is 0 Å². The number of hydrogen-bond donors (Lipinski definition) is 1. The van der Waals surface area contributed by atoms with Crippen molar-refractivity contribution in [2.75, 3.05) is 0 Å². The molecular weight excluding hydrogens is 344 g/mol. The molecule has 1 nitrogen and oxygen atoms in total. The van der Waals surface area contributed by atoms with E-state index in [2.05, 4.69) is 21.3 Å². The molecule has 1 heterocycles. The molecule has 0 radical (unpaired) electrons. The highest BCUT2D eigenvalue weighted by atomic mass is 79.9. The Bertz CT molecular complexity index is 751. The van der Waals surface area contributed by atoms with Crippen LogP contribution in [0.1, 0.15) is 11.1 Å². The summed E-state index contributed by atoms with van der Waals surface area (Å²) in [4.78, 5) is 0. The van der Waals surface area contributed by atoms with E-state index in [0.717, 1.165) is 26.2 Å². The van der Waals surface area contributed by atoms with Gasteiger partial charge in [0.25, 0.3) is 0 Å². The van der Waals surface area contributed by atoms with E-state index in [-0.39, 0.29) is 0 Å². The van der Waals surface area contributed by atoms with Crippen molar-refractivity contribution in [1.82, 2.24) is 0 Å². The van der Waals surface area contributed by atoms with Crippen molar-refractivity contribution < 1.29 is 5.11 Å². The third-order valence-electron chi connectivity index (χ3n) is 3.03. The first kappa shape index (κ1) is 13.0. The highest BCUT2D eigenvalue weighted by Gasteiger charge is 2.08. The molecule has 0 aliphatic rings. The molecule has 2 aromatic carbocycles. The molecule has 0 saturated heterocycles. The molecule has 0 atom stereocenters. The molecule has 0 bridgehead atoms. The van der Waals surface area contributed by atoms with Crippen molar-refractivity contribution >= 4 is 49.0 Å². The molecule has 1 aromatic heterocycles. The van der Waals surface area contributed by atoms with Crippen LogP contribution >= 0.6 is 38.9 Å². The predicted octanol–water partition coefficient (Wildman–Crippen LogP) is 5.61. The van der Waals surface area contributed by atoms with Crippen molar-refractivity contribution in [1.29, 1.82) is 0 Å². The number of rotatable bonds is 2. The van der Waals surface area contributed by atoms with Gasteiger partial charge in [0.05, 0.1) is 0 Å². The second kappa shape index (κ2) is 5.16. The minimum absolute atomic E-state index is 0.307. The Morgan fingerprint density at radius 3 is 2.79 bits per heavy atom. The largest absolute Gasteiger partial charge is 0.508 e. The molecule has 0 unspecified atom stereocenters. The Morgan fingerprint density at radius 1 is 1.11 bits per heavy atom. The Labute approximate surface area is 128 Å². The Hall–Kier alpha value is -1.03. The first-order valence-electron chi connectivity index (χ1n) is 5.76. The van der Waals surface area contributed by atoms with E-state index in [4.69, 9.17) is 11.6 Å². The van der Waals surface area contributed by atoms with E-state index in [9.17, 15) is 5.11 Å². The first-order valence-corrected chi connectivity index (χ1v) is 7.81. The van der Waals surface area contributed by atoms with Crippen LogP contribution in [-0.4, -0.2) is 5.11 Å². The summed E-state index contributed by atoms with van der Waals surface area (Å²) in [5.74, 6) is 0.307. The molecule has 0 spiro atoms. The monoisotopic (exact) mass is 352 g/mol. The summed E-state index contributed by atoms with van der Waals surface area (Å²) in [6.07, 6.45) is 0.795. The zero-order valence-corrected chi connectivity index (χ0v) is 13.0. The van der Waals surface area contributed by atoms with Crippen molar-refractivity contribution in [3.63, 3.8) is 0 Å². The molecule has 4 heteroatoms. The Kier molecular flexibility index (Phi) is 3.52. The standard InChI is InChI=1S/C15H10BrClOS/c16-11-1-4-14(17)9(6-11)5-10-8-19-15-7-12(18)2-3-13(10)15/h1-4,6-8,18H,5H2. The highest BCUT2D eigenvalue weighted by molar-refractivity contribution is 9.10. The van der Waals surface area contributed by atoms with Crippen LogP contribution in [0.25, 0.3) is 10.1 Å². The summed E-state index contributed by atoms with van der Waals surface area (Å²) >= 11 is 11.3. The fourth-order valence-corrected chi connectivity index (χ4v) is 3.68. The number of hydrogen-bond acceptors (Lipinski definition) is 2. The number of benzene rings is 2. The quantitative estimate of drug-likeness (QED) is 0.634. The van der Waals surface area contributed by atoms with Crippen LogP contribution in [0, 0.1) is 0 Å². The van der Waals surface area contributed by atoms with Crippen LogP contribution in [0.15, 0.2) is 46.3 Å². The summed E-state index contributed by atoms with van der Waals surface area (Å²) in [6, 6.07) is 11.4. The van der Waals surface area contributed by atoms with Crippen LogP contribution in [0.2, 0.25) is 5.02 Å². The molecular formula is C15H10BrClOS. The fourth-order valence-electron chi connectivity index (χ4n) is 2.09. The second-order valence-corrected chi connectivity index (χ2v) is 6.59. The average Bonchev–Trinajstić information content (AvgIpc) is 2.76.